The molecule has 1 N–H and O–H groups in total. The fourth-order valence-electron chi connectivity index (χ4n) is 3.23. The third-order valence-corrected chi connectivity index (χ3v) is 4.12. The van der Waals surface area contributed by atoms with Gasteiger partial charge in [0.05, 0.1) is 5.41 Å². The number of fused-ring (bicyclic) bond motifs is 2. The summed E-state index contributed by atoms with van der Waals surface area (Å²) >= 11 is 0. The Kier molecular flexibility index (Phi) is 2.15. The second-order valence-electron chi connectivity index (χ2n) is 5.09. The normalized spacial score (nSPS) is 22.4. The van der Waals surface area contributed by atoms with Crippen LogP contribution in [0.1, 0.15) is 29.5 Å². The lowest BCUT2D eigenvalue weighted by Crippen LogP contribution is -2.43. The van der Waals surface area contributed by atoms with Crippen LogP contribution >= 0.6 is 0 Å². The summed E-state index contributed by atoms with van der Waals surface area (Å²) in [5, 5.41) is 3.35. The maximum atomic E-state index is 12.3. The first kappa shape index (κ1) is 10.0. The fourth-order valence-corrected chi connectivity index (χ4v) is 3.23. The van der Waals surface area contributed by atoms with Gasteiger partial charge in [-0.1, -0.05) is 23.8 Å². The van der Waals surface area contributed by atoms with Crippen LogP contribution < -0.4 is 5.32 Å². The Morgan fingerprint density at radius 2 is 2.00 bits per heavy atom. The number of ketones is 1. The van der Waals surface area contributed by atoms with E-state index in [1.165, 1.54) is 16.7 Å². The van der Waals surface area contributed by atoms with E-state index < -0.39 is 0 Å². The lowest BCUT2D eigenvalue weighted by molar-refractivity contribution is -0.123. The topological polar surface area (TPSA) is 29.1 Å². The summed E-state index contributed by atoms with van der Waals surface area (Å²) in [7, 11) is 0. The van der Waals surface area contributed by atoms with E-state index in [-0.39, 0.29) is 5.41 Å². The first-order valence-electron chi connectivity index (χ1n) is 6.06. The lowest BCUT2D eigenvalue weighted by Gasteiger charge is -2.33. The molecule has 2 nitrogen and oxygen atoms in total. The SMILES string of the molecule is Cc1ccc2c(c1)CC(=O)C21CCNCC1. The Hall–Kier alpha value is -1.15. The molecule has 2 aliphatic rings. The number of rotatable bonds is 0. The number of piperidine rings is 1. The van der Waals surface area contributed by atoms with Crippen LogP contribution in [0.2, 0.25) is 0 Å². The van der Waals surface area contributed by atoms with Crippen molar-refractivity contribution in [2.75, 3.05) is 13.1 Å². The molecule has 1 heterocycles. The quantitative estimate of drug-likeness (QED) is 0.714. The van der Waals surface area contributed by atoms with E-state index in [2.05, 4.69) is 30.4 Å². The van der Waals surface area contributed by atoms with Gasteiger partial charge in [-0.3, -0.25) is 4.79 Å². The van der Waals surface area contributed by atoms with Crippen molar-refractivity contribution in [2.24, 2.45) is 0 Å². The smallest absolute Gasteiger partial charge is 0.147 e. The first-order chi connectivity index (χ1) is 7.72. The molecule has 1 fully saturated rings. The molecule has 1 aromatic rings. The number of Topliss-reactive ketones (excluding diaryl/α,β-unsaturated/α-hetero) is 1. The third-order valence-electron chi connectivity index (χ3n) is 4.12. The minimum absolute atomic E-state index is 0.145. The van der Waals surface area contributed by atoms with Gasteiger partial charge in [-0.15, -0.1) is 0 Å². The van der Waals surface area contributed by atoms with Gasteiger partial charge in [-0.2, -0.15) is 0 Å². The molecule has 2 heteroatoms. The number of nitrogens with one attached hydrogen (secondary N) is 1. The molecule has 0 bridgehead atoms. The van der Waals surface area contributed by atoms with Gasteiger partial charge in [0.25, 0.3) is 0 Å². The van der Waals surface area contributed by atoms with Gasteiger partial charge in [-0.25, -0.2) is 0 Å². The Labute approximate surface area is 96.1 Å². The highest BCUT2D eigenvalue weighted by Crippen LogP contribution is 2.42. The summed E-state index contributed by atoms with van der Waals surface area (Å²) in [6, 6.07) is 6.51. The van der Waals surface area contributed by atoms with Crippen LogP contribution in [-0.2, 0) is 16.6 Å². The molecule has 1 spiro atoms. The van der Waals surface area contributed by atoms with Gasteiger partial charge in [0.15, 0.2) is 0 Å². The van der Waals surface area contributed by atoms with Gasteiger partial charge in [0, 0.05) is 6.42 Å². The number of aryl methyl sites for hydroxylation is 1. The molecule has 0 aromatic heterocycles. The summed E-state index contributed by atoms with van der Waals surface area (Å²) in [6.07, 6.45) is 2.60. The van der Waals surface area contributed by atoms with Gasteiger partial charge < -0.3 is 5.32 Å². The molecule has 16 heavy (non-hydrogen) atoms. The zero-order valence-electron chi connectivity index (χ0n) is 9.68. The molecule has 1 saturated heterocycles. The minimum Gasteiger partial charge on any atom is -0.317 e. The zero-order chi connectivity index (χ0) is 11.2. The van der Waals surface area contributed by atoms with Crippen molar-refractivity contribution in [1.29, 1.82) is 0 Å². The second-order valence-corrected chi connectivity index (χ2v) is 5.09. The van der Waals surface area contributed by atoms with Gasteiger partial charge in [0.2, 0.25) is 0 Å². The maximum absolute atomic E-state index is 12.3. The minimum atomic E-state index is -0.145. The summed E-state index contributed by atoms with van der Waals surface area (Å²) < 4.78 is 0. The van der Waals surface area contributed by atoms with Crippen molar-refractivity contribution in [3.63, 3.8) is 0 Å². The van der Waals surface area contributed by atoms with Crippen LogP contribution in [0.25, 0.3) is 0 Å². The van der Waals surface area contributed by atoms with Crippen molar-refractivity contribution < 1.29 is 4.79 Å². The highest BCUT2D eigenvalue weighted by Gasteiger charge is 2.46. The van der Waals surface area contributed by atoms with Crippen LogP contribution in [0.3, 0.4) is 0 Å². The Morgan fingerprint density at radius 1 is 1.25 bits per heavy atom. The van der Waals surface area contributed by atoms with E-state index in [0.29, 0.717) is 12.2 Å². The number of benzene rings is 1. The molecule has 1 aliphatic carbocycles. The summed E-state index contributed by atoms with van der Waals surface area (Å²) in [6.45, 7) is 4.04. The Bertz CT molecular complexity index is 444. The fraction of sp³-hybridized carbons (Fsp3) is 0.500. The largest absolute Gasteiger partial charge is 0.317 e. The standard InChI is InChI=1S/C14H17NO/c1-10-2-3-12-11(8-10)9-13(16)14(12)4-6-15-7-5-14/h2-3,8,15H,4-7,9H2,1H3. The monoisotopic (exact) mass is 215 g/mol. The molecular formula is C14H17NO. The van der Waals surface area contributed by atoms with Crippen LogP contribution in [0.4, 0.5) is 0 Å². The molecule has 84 valence electrons. The third kappa shape index (κ3) is 1.26. The average Bonchev–Trinajstić information content (AvgIpc) is 2.53. The van der Waals surface area contributed by atoms with Crippen molar-refractivity contribution in [1.82, 2.24) is 5.32 Å². The molecule has 0 saturated carbocycles. The van der Waals surface area contributed by atoms with E-state index in [1.54, 1.807) is 0 Å². The molecule has 0 radical (unpaired) electrons. The maximum Gasteiger partial charge on any atom is 0.147 e. The highest BCUT2D eigenvalue weighted by atomic mass is 16.1. The number of carbonyl (C=O) groups is 1. The summed E-state index contributed by atoms with van der Waals surface area (Å²) in [4.78, 5) is 12.3. The molecule has 0 unspecified atom stereocenters. The summed E-state index contributed by atoms with van der Waals surface area (Å²) in [5.41, 5.74) is 3.70. The van der Waals surface area contributed by atoms with E-state index in [4.69, 9.17) is 0 Å². The Morgan fingerprint density at radius 3 is 2.75 bits per heavy atom. The second kappa shape index (κ2) is 3.42. The average molecular weight is 215 g/mol. The van der Waals surface area contributed by atoms with Crippen molar-refractivity contribution in [3.05, 3.63) is 34.9 Å². The molecular weight excluding hydrogens is 198 g/mol. The zero-order valence-corrected chi connectivity index (χ0v) is 9.68. The first-order valence-corrected chi connectivity index (χ1v) is 6.06. The van der Waals surface area contributed by atoms with Gasteiger partial charge in [-0.05, 0) is 44.0 Å². The highest BCUT2D eigenvalue weighted by molar-refractivity contribution is 5.96. The number of hydrogen-bond acceptors (Lipinski definition) is 2. The van der Waals surface area contributed by atoms with E-state index >= 15 is 0 Å². The van der Waals surface area contributed by atoms with E-state index in [1.807, 2.05) is 0 Å². The predicted octanol–water partition coefficient (Wildman–Crippen LogP) is 1.74. The lowest BCUT2D eigenvalue weighted by atomic mass is 9.73. The predicted molar refractivity (Wildman–Crippen MR) is 63.7 cm³/mol. The van der Waals surface area contributed by atoms with Crippen molar-refractivity contribution >= 4 is 5.78 Å². The van der Waals surface area contributed by atoms with E-state index in [0.717, 1.165) is 25.9 Å². The van der Waals surface area contributed by atoms with Gasteiger partial charge in [0.1, 0.15) is 5.78 Å². The van der Waals surface area contributed by atoms with Crippen LogP contribution in [-0.4, -0.2) is 18.9 Å². The molecule has 1 aromatic carbocycles. The van der Waals surface area contributed by atoms with Crippen molar-refractivity contribution in [3.8, 4) is 0 Å². The van der Waals surface area contributed by atoms with E-state index in [9.17, 15) is 4.79 Å². The molecule has 3 rings (SSSR count). The van der Waals surface area contributed by atoms with Crippen LogP contribution in [0, 0.1) is 6.92 Å². The van der Waals surface area contributed by atoms with Crippen LogP contribution in [0.5, 0.6) is 0 Å². The Balaban J connectivity index is 2.11. The number of carbonyl (C=O) groups excluding carboxylic acids is 1. The van der Waals surface area contributed by atoms with Crippen molar-refractivity contribution in [2.45, 2.75) is 31.6 Å². The number of hydrogen-bond donors (Lipinski definition) is 1. The van der Waals surface area contributed by atoms with Crippen LogP contribution in [0.15, 0.2) is 18.2 Å². The summed E-state index contributed by atoms with van der Waals surface area (Å²) in [5.74, 6) is 0.439. The molecule has 0 atom stereocenters. The molecule has 0 amide bonds. The van der Waals surface area contributed by atoms with Gasteiger partial charge >= 0.3 is 0 Å². The molecule has 1 aliphatic heterocycles.